The van der Waals surface area contributed by atoms with Crippen molar-refractivity contribution in [2.45, 2.75) is 64.3 Å². The Hall–Kier alpha value is -1.67. The third-order valence-corrected chi connectivity index (χ3v) is 2.64. The third-order valence-electron chi connectivity index (χ3n) is 2.64. The van der Waals surface area contributed by atoms with Crippen LogP contribution < -0.4 is 16.8 Å². The van der Waals surface area contributed by atoms with Crippen molar-refractivity contribution >= 4 is 17.8 Å². The predicted octanol–water partition coefficient (Wildman–Crippen LogP) is -0.648. The predicted molar refractivity (Wildman–Crippen MR) is 76.3 cm³/mol. The summed E-state index contributed by atoms with van der Waals surface area (Å²) >= 11 is 0. The second-order valence-electron chi connectivity index (χ2n) is 5.87. The van der Waals surface area contributed by atoms with E-state index in [1.165, 1.54) is 0 Å². The monoisotopic (exact) mass is 303 g/mol. The lowest BCUT2D eigenvalue weighted by atomic mass is 10.1. The number of carboxylic acids is 1. The Balaban J connectivity index is 4.60. The molecule has 0 spiro atoms. The smallest absolute Gasteiger partial charge is 0.326 e. The summed E-state index contributed by atoms with van der Waals surface area (Å²) in [7, 11) is 0. The molecule has 0 unspecified atom stereocenters. The molecule has 0 bridgehead atoms. The van der Waals surface area contributed by atoms with E-state index < -0.39 is 41.6 Å². The summed E-state index contributed by atoms with van der Waals surface area (Å²) in [6.07, 6.45) is -0.811. The topological polar surface area (TPSA) is 145 Å². The van der Waals surface area contributed by atoms with E-state index in [0.717, 1.165) is 0 Å². The summed E-state index contributed by atoms with van der Waals surface area (Å²) in [5.74, 6) is -2.53. The van der Waals surface area contributed by atoms with Crippen LogP contribution >= 0.6 is 0 Å². The summed E-state index contributed by atoms with van der Waals surface area (Å²) in [4.78, 5) is 33.6. The number of nitrogens with one attached hydrogen (secondary N) is 1. The van der Waals surface area contributed by atoms with Gasteiger partial charge in [0.1, 0.15) is 12.1 Å². The van der Waals surface area contributed by atoms with Crippen LogP contribution in [0.2, 0.25) is 0 Å². The van der Waals surface area contributed by atoms with Crippen molar-refractivity contribution in [2.24, 2.45) is 11.5 Å². The van der Waals surface area contributed by atoms with Gasteiger partial charge in [0.25, 0.3) is 0 Å². The summed E-state index contributed by atoms with van der Waals surface area (Å²) in [5, 5.41) is 11.3. The minimum Gasteiger partial charge on any atom is -0.480 e. The largest absolute Gasteiger partial charge is 0.480 e. The molecule has 3 atom stereocenters. The van der Waals surface area contributed by atoms with Gasteiger partial charge in [-0.1, -0.05) is 0 Å². The molecule has 0 saturated heterocycles. The zero-order valence-electron chi connectivity index (χ0n) is 12.9. The van der Waals surface area contributed by atoms with E-state index >= 15 is 0 Å². The zero-order chi connectivity index (χ0) is 16.8. The third kappa shape index (κ3) is 8.26. The van der Waals surface area contributed by atoms with Crippen LogP contribution in [0.1, 0.15) is 40.5 Å². The van der Waals surface area contributed by atoms with Crippen molar-refractivity contribution in [3.63, 3.8) is 0 Å². The molecule has 0 aromatic heterocycles. The summed E-state index contributed by atoms with van der Waals surface area (Å²) in [6, 6.07) is -2.22. The fourth-order valence-electron chi connectivity index (χ4n) is 1.66. The normalized spacial score (nSPS) is 15.9. The molecule has 122 valence electrons. The highest BCUT2D eigenvalue weighted by Crippen LogP contribution is 2.12. The van der Waals surface area contributed by atoms with Gasteiger partial charge in [0.2, 0.25) is 11.8 Å². The van der Waals surface area contributed by atoms with Gasteiger partial charge in [-0.2, -0.15) is 0 Å². The van der Waals surface area contributed by atoms with E-state index in [0.29, 0.717) is 0 Å². The van der Waals surface area contributed by atoms with Crippen molar-refractivity contribution in [1.29, 1.82) is 0 Å². The molecule has 0 aliphatic rings. The van der Waals surface area contributed by atoms with Crippen LogP contribution in [0, 0.1) is 0 Å². The zero-order valence-corrected chi connectivity index (χ0v) is 12.9. The first-order chi connectivity index (χ1) is 9.44. The molecule has 0 heterocycles. The molecule has 21 heavy (non-hydrogen) atoms. The highest BCUT2D eigenvalue weighted by molar-refractivity contribution is 5.87. The Labute approximate surface area is 124 Å². The Morgan fingerprint density at radius 3 is 2.19 bits per heavy atom. The molecular formula is C13H25N3O5. The molecule has 0 rings (SSSR count). The van der Waals surface area contributed by atoms with E-state index in [1.54, 1.807) is 6.92 Å². The van der Waals surface area contributed by atoms with E-state index in [2.05, 4.69) is 5.32 Å². The molecule has 0 aromatic carbocycles. The fourth-order valence-corrected chi connectivity index (χ4v) is 1.66. The summed E-state index contributed by atoms with van der Waals surface area (Å²) in [5.41, 5.74) is 10.2. The molecule has 0 aliphatic carbocycles. The first-order valence-electron chi connectivity index (χ1n) is 6.69. The minimum atomic E-state index is -1.25. The van der Waals surface area contributed by atoms with Gasteiger partial charge in [-0.25, -0.2) is 4.79 Å². The SMILES string of the molecule is C[C@@H](OC(C)(C)C)[C@H](N)C(=O)N[C@@H](CCC(N)=O)C(=O)O. The van der Waals surface area contributed by atoms with Gasteiger partial charge in [0.15, 0.2) is 0 Å². The summed E-state index contributed by atoms with van der Waals surface area (Å²) in [6.45, 7) is 7.10. The standard InChI is InChI=1S/C13H25N3O5/c1-7(21-13(2,3)4)10(15)11(18)16-8(12(19)20)5-6-9(14)17/h7-8,10H,5-6,15H2,1-4H3,(H2,14,17)(H,16,18)(H,19,20)/t7-,8+,10+/m1/s1. The van der Waals surface area contributed by atoms with Crippen LogP contribution in [0.5, 0.6) is 0 Å². The number of carbonyl (C=O) groups is 3. The van der Waals surface area contributed by atoms with Crippen molar-refractivity contribution in [1.82, 2.24) is 5.32 Å². The lowest BCUT2D eigenvalue weighted by molar-refractivity contribution is -0.143. The quantitative estimate of drug-likeness (QED) is 0.469. The first-order valence-corrected chi connectivity index (χ1v) is 6.69. The molecule has 6 N–H and O–H groups in total. The Bertz CT molecular complexity index is 392. The summed E-state index contributed by atoms with van der Waals surface area (Å²) < 4.78 is 5.55. The van der Waals surface area contributed by atoms with Crippen LogP contribution in [-0.4, -0.2) is 46.7 Å². The minimum absolute atomic E-state index is 0.0857. The Morgan fingerprint density at radius 1 is 1.29 bits per heavy atom. The number of primary amides is 1. The average Bonchev–Trinajstić information content (AvgIpc) is 2.30. The van der Waals surface area contributed by atoms with Crippen molar-refractivity contribution in [3.05, 3.63) is 0 Å². The van der Waals surface area contributed by atoms with Gasteiger partial charge >= 0.3 is 5.97 Å². The van der Waals surface area contributed by atoms with Crippen molar-refractivity contribution < 1.29 is 24.2 Å². The van der Waals surface area contributed by atoms with Gasteiger partial charge < -0.3 is 26.6 Å². The van der Waals surface area contributed by atoms with Gasteiger partial charge in [-0.15, -0.1) is 0 Å². The van der Waals surface area contributed by atoms with Crippen LogP contribution in [0.3, 0.4) is 0 Å². The molecular weight excluding hydrogens is 278 g/mol. The molecule has 0 saturated carbocycles. The number of aliphatic carboxylic acids is 1. The van der Waals surface area contributed by atoms with Crippen molar-refractivity contribution in [3.8, 4) is 0 Å². The van der Waals surface area contributed by atoms with E-state index in [4.69, 9.17) is 21.3 Å². The van der Waals surface area contributed by atoms with Gasteiger partial charge in [-0.3, -0.25) is 9.59 Å². The highest BCUT2D eigenvalue weighted by atomic mass is 16.5. The number of carbonyl (C=O) groups excluding carboxylic acids is 2. The lowest BCUT2D eigenvalue weighted by Crippen LogP contribution is -2.54. The molecule has 2 amide bonds. The number of hydrogen-bond donors (Lipinski definition) is 4. The van der Waals surface area contributed by atoms with Gasteiger partial charge in [0.05, 0.1) is 11.7 Å². The molecule has 0 aromatic rings. The maximum absolute atomic E-state index is 11.9. The van der Waals surface area contributed by atoms with E-state index in [-0.39, 0.29) is 12.8 Å². The number of carboxylic acid groups (broad SMARTS) is 1. The number of rotatable bonds is 8. The lowest BCUT2D eigenvalue weighted by Gasteiger charge is -2.29. The average molecular weight is 303 g/mol. The Kier molecular flexibility index (Phi) is 7.31. The van der Waals surface area contributed by atoms with Gasteiger partial charge in [-0.05, 0) is 34.1 Å². The maximum atomic E-state index is 11.9. The van der Waals surface area contributed by atoms with E-state index in [1.807, 2.05) is 20.8 Å². The molecule has 0 aliphatic heterocycles. The highest BCUT2D eigenvalue weighted by Gasteiger charge is 2.29. The van der Waals surface area contributed by atoms with Crippen LogP contribution in [0.25, 0.3) is 0 Å². The van der Waals surface area contributed by atoms with Gasteiger partial charge in [0, 0.05) is 6.42 Å². The second-order valence-corrected chi connectivity index (χ2v) is 5.87. The van der Waals surface area contributed by atoms with Crippen LogP contribution in [0.15, 0.2) is 0 Å². The molecule has 0 fully saturated rings. The fraction of sp³-hybridized carbons (Fsp3) is 0.769. The number of nitrogens with two attached hydrogens (primary N) is 2. The van der Waals surface area contributed by atoms with Crippen LogP contribution in [-0.2, 0) is 19.1 Å². The number of ether oxygens (including phenoxy) is 1. The molecule has 0 radical (unpaired) electrons. The second kappa shape index (κ2) is 7.94. The molecule has 8 heteroatoms. The first kappa shape index (κ1) is 19.3. The number of amides is 2. The number of hydrogen-bond acceptors (Lipinski definition) is 5. The molecule has 8 nitrogen and oxygen atoms in total. The van der Waals surface area contributed by atoms with E-state index in [9.17, 15) is 14.4 Å². The van der Waals surface area contributed by atoms with Crippen LogP contribution in [0.4, 0.5) is 0 Å². The van der Waals surface area contributed by atoms with Crippen molar-refractivity contribution in [2.75, 3.05) is 0 Å². The Morgan fingerprint density at radius 2 is 1.81 bits per heavy atom. The maximum Gasteiger partial charge on any atom is 0.326 e.